The number of rotatable bonds is 1. The van der Waals surface area contributed by atoms with E-state index in [0.29, 0.717) is 4.99 Å². The summed E-state index contributed by atoms with van der Waals surface area (Å²) in [4.78, 5) is 0.450. The van der Waals surface area contributed by atoms with E-state index < -0.39 is 0 Å². The average molecular weight is 190 g/mol. The predicted octanol–water partition coefficient (Wildman–Crippen LogP) is 1.81. The maximum atomic E-state index is 5.54. The molecule has 1 aromatic heterocycles. The van der Waals surface area contributed by atoms with Gasteiger partial charge in [0.25, 0.3) is 0 Å². The minimum absolute atomic E-state index is 0.450. The van der Waals surface area contributed by atoms with Crippen LogP contribution in [0.5, 0.6) is 0 Å². The van der Waals surface area contributed by atoms with Gasteiger partial charge in [0.1, 0.15) is 4.99 Å². The van der Waals surface area contributed by atoms with Crippen LogP contribution < -0.4 is 5.73 Å². The van der Waals surface area contributed by atoms with Crippen LogP contribution in [0, 0.1) is 0 Å². The van der Waals surface area contributed by atoms with Crippen LogP contribution in [0.4, 0.5) is 0 Å². The molecule has 13 heavy (non-hydrogen) atoms. The van der Waals surface area contributed by atoms with E-state index in [1.54, 1.807) is 0 Å². The number of hydrogen-bond acceptors (Lipinski definition) is 1. The van der Waals surface area contributed by atoms with Gasteiger partial charge in [-0.3, -0.25) is 0 Å². The third kappa shape index (κ3) is 1.31. The highest BCUT2D eigenvalue weighted by molar-refractivity contribution is 7.80. The van der Waals surface area contributed by atoms with Crippen molar-refractivity contribution in [1.29, 1.82) is 0 Å². The van der Waals surface area contributed by atoms with E-state index in [1.165, 1.54) is 10.9 Å². The first-order valence-corrected chi connectivity index (χ1v) is 4.44. The first-order valence-electron chi connectivity index (χ1n) is 4.03. The zero-order valence-electron chi connectivity index (χ0n) is 7.32. The van der Waals surface area contributed by atoms with E-state index in [4.69, 9.17) is 18.0 Å². The Labute approximate surface area is 82.0 Å². The van der Waals surface area contributed by atoms with Crippen molar-refractivity contribution in [1.82, 2.24) is 4.57 Å². The summed E-state index contributed by atoms with van der Waals surface area (Å²) in [5.41, 5.74) is 7.66. The van der Waals surface area contributed by atoms with Crippen molar-refractivity contribution in [3.8, 4) is 0 Å². The van der Waals surface area contributed by atoms with Crippen LogP contribution in [-0.2, 0) is 7.05 Å². The molecule has 0 aliphatic rings. The van der Waals surface area contributed by atoms with Crippen LogP contribution in [-0.4, -0.2) is 9.56 Å². The highest BCUT2D eigenvalue weighted by atomic mass is 32.1. The Morgan fingerprint density at radius 3 is 2.85 bits per heavy atom. The van der Waals surface area contributed by atoms with Gasteiger partial charge in [0.05, 0.1) is 0 Å². The Morgan fingerprint density at radius 2 is 2.15 bits per heavy atom. The molecule has 1 aromatic carbocycles. The van der Waals surface area contributed by atoms with Crippen molar-refractivity contribution in [3.63, 3.8) is 0 Å². The summed E-state index contributed by atoms with van der Waals surface area (Å²) in [6, 6.07) is 8.04. The van der Waals surface area contributed by atoms with Crippen LogP contribution in [0.3, 0.4) is 0 Å². The van der Waals surface area contributed by atoms with Gasteiger partial charge in [0.15, 0.2) is 0 Å². The molecule has 0 bridgehead atoms. The summed E-state index contributed by atoms with van der Waals surface area (Å²) >= 11 is 4.90. The van der Waals surface area contributed by atoms with E-state index in [0.717, 1.165) is 5.56 Å². The van der Waals surface area contributed by atoms with Crippen LogP contribution in [0.2, 0.25) is 0 Å². The second-order valence-electron chi connectivity index (χ2n) is 3.06. The molecular formula is C10H10N2S. The van der Waals surface area contributed by atoms with E-state index in [2.05, 4.69) is 10.6 Å². The SMILES string of the molecule is Cn1ccc2cc(C(N)=S)ccc21. The molecule has 2 rings (SSSR count). The number of aryl methyl sites for hydroxylation is 1. The molecule has 2 N–H and O–H groups in total. The van der Waals surface area contributed by atoms with Crippen LogP contribution in [0.15, 0.2) is 30.5 Å². The Hall–Kier alpha value is -1.35. The second-order valence-corrected chi connectivity index (χ2v) is 3.50. The second kappa shape index (κ2) is 2.85. The number of thiocarbonyl (C=S) groups is 1. The molecule has 3 heteroatoms. The van der Waals surface area contributed by atoms with E-state index >= 15 is 0 Å². The third-order valence-electron chi connectivity index (χ3n) is 2.17. The molecule has 2 nitrogen and oxygen atoms in total. The number of fused-ring (bicyclic) bond motifs is 1. The molecule has 0 spiro atoms. The van der Waals surface area contributed by atoms with Crippen molar-refractivity contribution >= 4 is 28.1 Å². The topological polar surface area (TPSA) is 30.9 Å². The Kier molecular flexibility index (Phi) is 1.81. The lowest BCUT2D eigenvalue weighted by molar-refractivity contribution is 0.969. The predicted molar refractivity (Wildman–Crippen MR) is 58.8 cm³/mol. The smallest absolute Gasteiger partial charge is 0.104 e. The minimum Gasteiger partial charge on any atom is -0.389 e. The van der Waals surface area contributed by atoms with Gasteiger partial charge in [-0.2, -0.15) is 0 Å². The summed E-state index contributed by atoms with van der Waals surface area (Å²) in [6.07, 6.45) is 2.02. The van der Waals surface area contributed by atoms with Crippen molar-refractivity contribution in [2.45, 2.75) is 0 Å². The van der Waals surface area contributed by atoms with Gasteiger partial charge >= 0.3 is 0 Å². The van der Waals surface area contributed by atoms with Crippen LogP contribution in [0.1, 0.15) is 5.56 Å². The van der Waals surface area contributed by atoms with Gasteiger partial charge < -0.3 is 10.3 Å². The molecule has 0 saturated carbocycles. The fraction of sp³-hybridized carbons (Fsp3) is 0.100. The molecule has 0 aliphatic carbocycles. The zero-order chi connectivity index (χ0) is 9.42. The third-order valence-corrected chi connectivity index (χ3v) is 2.41. The number of hydrogen-bond donors (Lipinski definition) is 1. The van der Waals surface area contributed by atoms with E-state index in [9.17, 15) is 0 Å². The Balaban J connectivity index is 2.70. The highest BCUT2D eigenvalue weighted by Crippen LogP contribution is 2.16. The average Bonchev–Trinajstić information content (AvgIpc) is 2.47. The molecule has 66 valence electrons. The summed E-state index contributed by atoms with van der Waals surface area (Å²) < 4.78 is 2.07. The van der Waals surface area contributed by atoms with Gasteiger partial charge in [-0.1, -0.05) is 12.2 Å². The molecule has 0 saturated heterocycles. The minimum atomic E-state index is 0.450. The molecule has 0 amide bonds. The van der Waals surface area contributed by atoms with Crippen LogP contribution >= 0.6 is 12.2 Å². The molecule has 1 heterocycles. The highest BCUT2D eigenvalue weighted by Gasteiger charge is 2.00. The molecule has 0 atom stereocenters. The molecular weight excluding hydrogens is 180 g/mol. The summed E-state index contributed by atoms with van der Waals surface area (Å²) in [6.45, 7) is 0. The lowest BCUT2D eigenvalue weighted by atomic mass is 10.1. The summed E-state index contributed by atoms with van der Waals surface area (Å²) in [5, 5.41) is 1.17. The maximum absolute atomic E-state index is 5.54. The lowest BCUT2D eigenvalue weighted by Crippen LogP contribution is -2.08. The van der Waals surface area contributed by atoms with E-state index in [-0.39, 0.29) is 0 Å². The molecule has 0 unspecified atom stereocenters. The Morgan fingerprint density at radius 1 is 1.38 bits per heavy atom. The molecule has 2 aromatic rings. The van der Waals surface area contributed by atoms with Gasteiger partial charge in [0.2, 0.25) is 0 Å². The van der Waals surface area contributed by atoms with Gasteiger partial charge in [-0.25, -0.2) is 0 Å². The first kappa shape index (κ1) is 8.26. The first-order chi connectivity index (χ1) is 6.18. The molecule has 0 radical (unpaired) electrons. The van der Waals surface area contributed by atoms with Crippen molar-refractivity contribution < 1.29 is 0 Å². The number of nitrogens with zero attached hydrogens (tertiary/aromatic N) is 1. The van der Waals surface area contributed by atoms with Gasteiger partial charge in [-0.15, -0.1) is 0 Å². The molecule has 0 aliphatic heterocycles. The lowest BCUT2D eigenvalue weighted by Gasteiger charge is -1.99. The monoisotopic (exact) mass is 190 g/mol. The molecule has 0 fully saturated rings. The largest absolute Gasteiger partial charge is 0.389 e. The fourth-order valence-electron chi connectivity index (χ4n) is 1.43. The maximum Gasteiger partial charge on any atom is 0.104 e. The summed E-state index contributed by atoms with van der Waals surface area (Å²) in [5.74, 6) is 0. The van der Waals surface area contributed by atoms with Gasteiger partial charge in [-0.05, 0) is 24.3 Å². The number of nitrogens with two attached hydrogens (primary N) is 1. The quantitative estimate of drug-likeness (QED) is 0.695. The van der Waals surface area contributed by atoms with Crippen LogP contribution in [0.25, 0.3) is 10.9 Å². The normalized spacial score (nSPS) is 10.5. The number of benzene rings is 1. The van der Waals surface area contributed by atoms with Crippen molar-refractivity contribution in [3.05, 3.63) is 36.0 Å². The van der Waals surface area contributed by atoms with Gasteiger partial charge in [0, 0.05) is 29.7 Å². The fourth-order valence-corrected chi connectivity index (χ4v) is 1.56. The summed E-state index contributed by atoms with van der Waals surface area (Å²) in [7, 11) is 2.02. The Bertz CT molecular complexity index is 471. The zero-order valence-corrected chi connectivity index (χ0v) is 8.14. The van der Waals surface area contributed by atoms with Crippen molar-refractivity contribution in [2.24, 2.45) is 12.8 Å². The standard InChI is InChI=1S/C10H10N2S/c1-12-5-4-7-6-8(10(11)13)2-3-9(7)12/h2-6H,1H3,(H2,11,13). The van der Waals surface area contributed by atoms with E-state index in [1.807, 2.05) is 31.4 Å². The number of aromatic nitrogens is 1. The van der Waals surface area contributed by atoms with Crippen molar-refractivity contribution in [2.75, 3.05) is 0 Å².